The lowest BCUT2D eigenvalue weighted by atomic mass is 10.1. The summed E-state index contributed by atoms with van der Waals surface area (Å²) in [4.78, 5) is 23.6. The molecule has 2 amide bonds. The van der Waals surface area contributed by atoms with Crippen LogP contribution in [0.3, 0.4) is 0 Å². The molecule has 1 heterocycles. The highest BCUT2D eigenvalue weighted by atomic mass is 31.2. The largest absolute Gasteiger partial charge is 0.453 e. The summed E-state index contributed by atoms with van der Waals surface area (Å²) < 4.78 is 20.6. The molecule has 7 heteroatoms. The highest BCUT2D eigenvalue weighted by molar-refractivity contribution is 7.56. The van der Waals surface area contributed by atoms with Gasteiger partial charge in [-0.15, -0.1) is 0 Å². The Balaban J connectivity index is 1.99. The first kappa shape index (κ1) is 14.6. The summed E-state index contributed by atoms with van der Waals surface area (Å²) in [5, 5.41) is 1.94. The van der Waals surface area contributed by atoms with Gasteiger partial charge in [0.15, 0.2) is 0 Å². The molecule has 6 nitrogen and oxygen atoms in total. The zero-order chi connectivity index (χ0) is 15.9. The van der Waals surface area contributed by atoms with Crippen LogP contribution in [0, 0.1) is 0 Å². The number of fused-ring (bicyclic) bond motifs is 1. The molecule has 0 saturated carbocycles. The van der Waals surface area contributed by atoms with Gasteiger partial charge in [-0.2, -0.15) is 0 Å². The van der Waals surface area contributed by atoms with Crippen molar-refractivity contribution in [1.82, 2.24) is 9.34 Å². The maximum Gasteiger partial charge on any atom is 0.453 e. The fourth-order valence-electron chi connectivity index (χ4n) is 2.33. The van der Waals surface area contributed by atoms with E-state index < -0.39 is 19.5 Å². The molecule has 0 N–H and O–H groups in total. The fourth-order valence-corrected chi connectivity index (χ4v) is 4.07. The molecule has 22 heavy (non-hydrogen) atoms. The topological polar surface area (TPSA) is 66.9 Å². The third-order valence-corrected chi connectivity index (χ3v) is 6.14. The van der Waals surface area contributed by atoms with Crippen LogP contribution in [0.1, 0.15) is 6.42 Å². The van der Waals surface area contributed by atoms with Crippen LogP contribution >= 0.6 is 7.67 Å². The molecule has 2 aromatic carbocycles. The highest BCUT2D eigenvalue weighted by Crippen LogP contribution is 2.55. The lowest BCUT2D eigenvalue weighted by molar-refractivity contribution is -0.138. The Morgan fingerprint density at radius 2 is 1.55 bits per heavy atom. The Morgan fingerprint density at radius 1 is 0.955 bits per heavy atom. The van der Waals surface area contributed by atoms with E-state index in [1.54, 1.807) is 12.1 Å². The highest BCUT2D eigenvalue weighted by Gasteiger charge is 2.47. The normalized spacial score (nSPS) is 17.9. The zero-order valence-corrected chi connectivity index (χ0v) is 13.1. The van der Waals surface area contributed by atoms with Crippen LogP contribution in [0.5, 0.6) is 5.75 Å². The number of amides is 2. The zero-order valence-electron chi connectivity index (χ0n) is 12.2. The van der Waals surface area contributed by atoms with Crippen molar-refractivity contribution >= 4 is 30.3 Å². The maximum atomic E-state index is 13.0. The first-order valence-corrected chi connectivity index (χ1v) is 8.27. The number of rotatable bonds is 2. The minimum absolute atomic E-state index is 0.294. The van der Waals surface area contributed by atoms with Gasteiger partial charge in [-0.3, -0.25) is 9.59 Å². The summed E-state index contributed by atoms with van der Waals surface area (Å²) in [6.45, 7) is 0. The van der Waals surface area contributed by atoms with Crippen molar-refractivity contribution in [2.75, 3.05) is 14.1 Å². The molecule has 0 bridgehead atoms. The van der Waals surface area contributed by atoms with Crippen LogP contribution < -0.4 is 4.52 Å². The second-order valence-electron chi connectivity index (χ2n) is 5.10. The van der Waals surface area contributed by atoms with Crippen LogP contribution in [0.4, 0.5) is 0 Å². The molecule has 1 aliphatic heterocycles. The summed E-state index contributed by atoms with van der Waals surface area (Å²) in [6.07, 6.45) is -0.294. The molecule has 0 aromatic heterocycles. The van der Waals surface area contributed by atoms with Crippen molar-refractivity contribution in [3.8, 4) is 5.75 Å². The molecule has 2 aromatic rings. The summed E-state index contributed by atoms with van der Waals surface area (Å²) in [5.74, 6) is -0.664. The molecule has 0 spiro atoms. The first-order chi connectivity index (χ1) is 10.4. The average molecular weight is 318 g/mol. The number of carbonyl (C=O) groups excluding carboxylic acids is 2. The first-order valence-electron chi connectivity index (χ1n) is 6.74. The van der Waals surface area contributed by atoms with Crippen molar-refractivity contribution in [2.24, 2.45) is 0 Å². The molecular formula is C15H15N2O4P. The van der Waals surface area contributed by atoms with E-state index in [-0.39, 0.29) is 6.42 Å². The van der Waals surface area contributed by atoms with Crippen molar-refractivity contribution in [1.29, 1.82) is 0 Å². The van der Waals surface area contributed by atoms with Gasteiger partial charge in [0.05, 0.1) is 0 Å². The summed E-state index contributed by atoms with van der Waals surface area (Å²) in [5.41, 5.74) is 0. The molecule has 0 atom stereocenters. The van der Waals surface area contributed by atoms with E-state index in [1.807, 2.05) is 30.3 Å². The van der Waals surface area contributed by atoms with E-state index in [1.165, 1.54) is 14.1 Å². The number of hydrogen-bond acceptors (Lipinski definition) is 4. The van der Waals surface area contributed by atoms with Crippen LogP contribution in [0.15, 0.2) is 42.5 Å². The van der Waals surface area contributed by atoms with E-state index in [4.69, 9.17) is 4.52 Å². The molecule has 0 aliphatic carbocycles. The van der Waals surface area contributed by atoms with Gasteiger partial charge < -0.3 is 4.52 Å². The molecule has 3 rings (SSSR count). The van der Waals surface area contributed by atoms with E-state index in [2.05, 4.69) is 0 Å². The van der Waals surface area contributed by atoms with Gasteiger partial charge in [0.25, 0.3) is 0 Å². The van der Waals surface area contributed by atoms with Crippen molar-refractivity contribution in [3.05, 3.63) is 42.5 Å². The SMILES string of the molecule is CN1C(=O)CC(=O)N(C)P1(=O)Oc1ccc2ccccc2c1. The van der Waals surface area contributed by atoms with Crippen LogP contribution in [0.25, 0.3) is 10.8 Å². The second kappa shape index (κ2) is 5.14. The van der Waals surface area contributed by atoms with E-state index in [9.17, 15) is 14.2 Å². The summed E-state index contributed by atoms with van der Waals surface area (Å²) in [7, 11) is -0.976. The second-order valence-corrected chi connectivity index (χ2v) is 7.47. The van der Waals surface area contributed by atoms with Crippen LogP contribution in [-0.2, 0) is 14.2 Å². The van der Waals surface area contributed by atoms with Crippen LogP contribution in [-0.4, -0.2) is 35.3 Å². The third kappa shape index (κ3) is 2.25. The van der Waals surface area contributed by atoms with Gasteiger partial charge in [0.1, 0.15) is 12.2 Å². The number of carbonyl (C=O) groups is 2. The van der Waals surface area contributed by atoms with Gasteiger partial charge in [-0.05, 0) is 22.9 Å². The van der Waals surface area contributed by atoms with Gasteiger partial charge in [-0.1, -0.05) is 30.3 Å². The number of hydrogen-bond donors (Lipinski definition) is 0. The van der Waals surface area contributed by atoms with Crippen LogP contribution in [0.2, 0.25) is 0 Å². The Hall–Kier alpha value is -2.33. The van der Waals surface area contributed by atoms with Crippen molar-refractivity contribution < 1.29 is 18.7 Å². The lowest BCUT2D eigenvalue weighted by Gasteiger charge is -2.37. The molecule has 0 unspecified atom stereocenters. The quantitative estimate of drug-likeness (QED) is 0.630. The summed E-state index contributed by atoms with van der Waals surface area (Å²) in [6, 6.07) is 12.9. The predicted octanol–water partition coefficient (Wildman–Crippen LogP) is 2.65. The van der Waals surface area contributed by atoms with E-state index >= 15 is 0 Å². The van der Waals surface area contributed by atoms with E-state index in [0.717, 1.165) is 20.1 Å². The molecular weight excluding hydrogens is 303 g/mol. The van der Waals surface area contributed by atoms with Gasteiger partial charge in [0.2, 0.25) is 11.8 Å². The average Bonchev–Trinajstić information content (AvgIpc) is 2.51. The Bertz CT molecular complexity index is 796. The number of nitrogens with zero attached hydrogens (tertiary/aromatic N) is 2. The monoisotopic (exact) mass is 318 g/mol. The predicted molar refractivity (Wildman–Crippen MR) is 82.3 cm³/mol. The molecule has 1 fully saturated rings. The third-order valence-electron chi connectivity index (χ3n) is 3.73. The molecule has 1 saturated heterocycles. The van der Waals surface area contributed by atoms with E-state index in [0.29, 0.717) is 5.75 Å². The lowest BCUT2D eigenvalue weighted by Crippen LogP contribution is -2.44. The van der Waals surface area contributed by atoms with Crippen molar-refractivity contribution in [3.63, 3.8) is 0 Å². The minimum Gasteiger partial charge on any atom is -0.414 e. The molecule has 114 valence electrons. The standard InChI is InChI=1S/C15H15N2O4P/c1-16-14(18)10-15(19)17(2)22(16,20)21-13-8-7-11-5-3-4-6-12(11)9-13/h3-9H,10H2,1-2H3. The van der Waals surface area contributed by atoms with Gasteiger partial charge >= 0.3 is 7.67 Å². The fraction of sp³-hybridized carbons (Fsp3) is 0.200. The Kier molecular flexibility index (Phi) is 3.41. The number of benzene rings is 2. The smallest absolute Gasteiger partial charge is 0.414 e. The summed E-state index contributed by atoms with van der Waals surface area (Å²) >= 11 is 0. The molecule has 1 aliphatic rings. The Labute approximate surface area is 127 Å². The van der Waals surface area contributed by atoms with Gasteiger partial charge in [-0.25, -0.2) is 13.9 Å². The Morgan fingerprint density at radius 3 is 2.18 bits per heavy atom. The maximum absolute atomic E-state index is 13.0. The molecule has 0 radical (unpaired) electrons. The van der Waals surface area contributed by atoms with Gasteiger partial charge in [0, 0.05) is 14.1 Å². The minimum atomic E-state index is -3.74. The van der Waals surface area contributed by atoms with Crippen molar-refractivity contribution in [2.45, 2.75) is 6.42 Å².